The predicted octanol–water partition coefficient (Wildman–Crippen LogP) is 0.303. The third kappa shape index (κ3) is 4.13. The Morgan fingerprint density at radius 2 is 1.46 bits per heavy atom. The van der Waals surface area contributed by atoms with Gasteiger partial charge in [-0.15, -0.1) is 0 Å². The van der Waals surface area contributed by atoms with Crippen LogP contribution in [0.1, 0.15) is 44.1 Å². The molecule has 5 fully saturated rings. The summed E-state index contributed by atoms with van der Waals surface area (Å²) in [6.45, 7) is 7.32. The van der Waals surface area contributed by atoms with E-state index < -0.39 is 0 Å². The van der Waals surface area contributed by atoms with Crippen LogP contribution in [0, 0.1) is 23.2 Å². The van der Waals surface area contributed by atoms with Crippen molar-refractivity contribution in [2.45, 2.75) is 45.1 Å². The lowest BCUT2D eigenvalue weighted by molar-refractivity contribution is -1.02. The van der Waals surface area contributed by atoms with Gasteiger partial charge in [-0.25, -0.2) is 0 Å². The molecule has 4 saturated carbocycles. The Morgan fingerprint density at radius 3 is 2.07 bits per heavy atom. The van der Waals surface area contributed by atoms with Crippen LogP contribution < -0.4 is 15.1 Å². The van der Waals surface area contributed by atoms with Gasteiger partial charge in [0, 0.05) is 12.1 Å². The van der Waals surface area contributed by atoms with Crippen LogP contribution in [0.2, 0.25) is 0 Å². The molecule has 1 amide bonds. The summed E-state index contributed by atoms with van der Waals surface area (Å²) in [6.07, 6.45) is 8.59. The molecule has 1 aromatic carbocycles. The average Bonchev–Trinajstić information content (AvgIpc) is 2.68. The lowest BCUT2D eigenvalue weighted by Gasteiger charge is -2.56. The van der Waals surface area contributed by atoms with Crippen LogP contribution in [0.5, 0.6) is 0 Å². The van der Waals surface area contributed by atoms with E-state index in [-0.39, 0.29) is 5.91 Å². The zero-order chi connectivity index (χ0) is 19.0. The highest BCUT2D eigenvalue weighted by Gasteiger charge is 2.50. The van der Waals surface area contributed by atoms with Crippen LogP contribution in [0.3, 0.4) is 0 Å². The molecule has 6 rings (SSSR count). The van der Waals surface area contributed by atoms with E-state index in [2.05, 4.69) is 35.6 Å². The average molecular weight is 384 g/mol. The standard InChI is InChI=1S/C24H35N3O/c28-23(25-18-24-13-20-10-21(14-24)12-22(11-20)15-24)17-27-8-6-26(7-9-27)16-19-4-2-1-3-5-19/h1-5,20-22H,6-18H2,(H,25,28)/p+2. The summed E-state index contributed by atoms with van der Waals surface area (Å²) in [5.74, 6) is 3.19. The third-order valence-corrected chi connectivity index (χ3v) is 8.20. The topological polar surface area (TPSA) is 38.0 Å². The number of piperazine rings is 1. The first-order valence-corrected chi connectivity index (χ1v) is 11.6. The van der Waals surface area contributed by atoms with Crippen molar-refractivity contribution in [1.29, 1.82) is 0 Å². The molecule has 1 saturated heterocycles. The van der Waals surface area contributed by atoms with Gasteiger partial charge < -0.3 is 15.1 Å². The van der Waals surface area contributed by atoms with Crippen LogP contribution in [-0.4, -0.2) is 45.2 Å². The number of rotatable bonds is 6. The summed E-state index contributed by atoms with van der Waals surface area (Å²) in [5.41, 5.74) is 1.88. The number of carbonyl (C=O) groups excluding carboxylic acids is 1. The van der Waals surface area contributed by atoms with Crippen LogP contribution in [0.15, 0.2) is 30.3 Å². The molecule has 4 aliphatic carbocycles. The van der Waals surface area contributed by atoms with E-state index in [0.29, 0.717) is 12.0 Å². The highest BCUT2D eigenvalue weighted by Crippen LogP contribution is 2.59. The van der Waals surface area contributed by atoms with E-state index in [0.717, 1.165) is 43.9 Å². The lowest BCUT2D eigenvalue weighted by Crippen LogP contribution is -3.28. The molecule has 1 heterocycles. The van der Waals surface area contributed by atoms with Gasteiger partial charge in [-0.3, -0.25) is 4.79 Å². The first kappa shape index (κ1) is 18.6. The number of amides is 1. The predicted molar refractivity (Wildman–Crippen MR) is 110 cm³/mol. The second-order valence-electron chi connectivity index (χ2n) is 10.5. The molecular weight excluding hydrogens is 346 g/mol. The van der Waals surface area contributed by atoms with Gasteiger partial charge in [0.2, 0.25) is 0 Å². The van der Waals surface area contributed by atoms with Gasteiger partial charge in [-0.1, -0.05) is 30.3 Å². The molecule has 0 aromatic heterocycles. The van der Waals surface area contributed by atoms with Crippen LogP contribution in [-0.2, 0) is 11.3 Å². The molecule has 1 aromatic rings. The van der Waals surface area contributed by atoms with Crippen molar-refractivity contribution in [2.75, 3.05) is 39.3 Å². The largest absolute Gasteiger partial charge is 0.351 e. The van der Waals surface area contributed by atoms with Crippen molar-refractivity contribution in [3.05, 3.63) is 35.9 Å². The Balaban J connectivity index is 1.05. The van der Waals surface area contributed by atoms with Gasteiger partial charge in [-0.05, 0) is 61.7 Å². The fourth-order valence-electron chi connectivity index (χ4n) is 7.28. The molecule has 3 N–H and O–H groups in total. The molecular formula is C24H37N3O+2. The summed E-state index contributed by atoms with van der Waals surface area (Å²) >= 11 is 0. The van der Waals surface area contributed by atoms with E-state index in [1.54, 1.807) is 4.90 Å². The number of hydrogen-bond donors (Lipinski definition) is 3. The van der Waals surface area contributed by atoms with Crippen LogP contribution >= 0.6 is 0 Å². The monoisotopic (exact) mass is 383 g/mol. The first-order chi connectivity index (χ1) is 13.7. The Kier molecular flexibility index (Phi) is 5.18. The van der Waals surface area contributed by atoms with Crippen LogP contribution in [0.4, 0.5) is 0 Å². The first-order valence-electron chi connectivity index (χ1n) is 11.6. The number of hydrogen-bond acceptors (Lipinski definition) is 1. The van der Waals surface area contributed by atoms with Crippen molar-refractivity contribution in [3.63, 3.8) is 0 Å². The van der Waals surface area contributed by atoms with Gasteiger partial charge in [-0.2, -0.15) is 0 Å². The molecule has 28 heavy (non-hydrogen) atoms. The minimum Gasteiger partial charge on any atom is -0.351 e. The fraction of sp³-hybridized carbons (Fsp3) is 0.708. The SMILES string of the molecule is O=C(C[NH+]1CC[NH+](Cc2ccccc2)CC1)NCC12CC3CC(CC(C3)C1)C2. The molecule has 4 heteroatoms. The number of nitrogens with one attached hydrogen (secondary N) is 3. The summed E-state index contributed by atoms with van der Waals surface area (Å²) < 4.78 is 0. The van der Waals surface area contributed by atoms with Gasteiger partial charge in [0.25, 0.3) is 5.91 Å². The van der Waals surface area contributed by atoms with E-state index in [1.807, 2.05) is 0 Å². The number of carbonyl (C=O) groups is 1. The Hall–Kier alpha value is -1.39. The van der Waals surface area contributed by atoms with E-state index in [9.17, 15) is 4.79 Å². The second-order valence-corrected chi connectivity index (χ2v) is 10.5. The Bertz CT molecular complexity index is 645. The molecule has 0 unspecified atom stereocenters. The normalized spacial score (nSPS) is 39.1. The number of quaternary nitrogens is 2. The Morgan fingerprint density at radius 1 is 0.893 bits per heavy atom. The molecule has 4 nitrogen and oxygen atoms in total. The maximum absolute atomic E-state index is 12.6. The van der Waals surface area contributed by atoms with Gasteiger partial charge in [0.1, 0.15) is 32.7 Å². The van der Waals surface area contributed by atoms with Gasteiger partial charge in [0.15, 0.2) is 6.54 Å². The maximum Gasteiger partial charge on any atom is 0.275 e. The molecule has 0 atom stereocenters. The summed E-state index contributed by atoms with van der Waals surface area (Å²) in [7, 11) is 0. The van der Waals surface area contributed by atoms with E-state index in [4.69, 9.17) is 0 Å². The minimum atomic E-state index is 0.289. The summed E-state index contributed by atoms with van der Waals surface area (Å²) in [4.78, 5) is 15.8. The fourth-order valence-corrected chi connectivity index (χ4v) is 7.28. The van der Waals surface area contributed by atoms with E-state index >= 15 is 0 Å². The van der Waals surface area contributed by atoms with Crippen LogP contribution in [0.25, 0.3) is 0 Å². The van der Waals surface area contributed by atoms with Crippen molar-refractivity contribution < 1.29 is 14.6 Å². The second kappa shape index (κ2) is 7.79. The van der Waals surface area contributed by atoms with Gasteiger partial charge >= 0.3 is 0 Å². The maximum atomic E-state index is 12.6. The Labute approximate surface area is 169 Å². The zero-order valence-corrected chi connectivity index (χ0v) is 17.2. The molecule has 0 radical (unpaired) electrons. The molecule has 4 bridgehead atoms. The van der Waals surface area contributed by atoms with Crippen molar-refractivity contribution in [1.82, 2.24) is 5.32 Å². The molecule has 0 spiro atoms. The molecule has 5 aliphatic rings. The summed E-state index contributed by atoms with van der Waals surface area (Å²) in [6, 6.07) is 10.8. The number of benzene rings is 1. The third-order valence-electron chi connectivity index (χ3n) is 8.20. The van der Waals surface area contributed by atoms with Crippen molar-refractivity contribution in [3.8, 4) is 0 Å². The van der Waals surface area contributed by atoms with Crippen molar-refractivity contribution in [2.24, 2.45) is 23.2 Å². The lowest BCUT2D eigenvalue weighted by atomic mass is 9.49. The van der Waals surface area contributed by atoms with Crippen molar-refractivity contribution >= 4 is 5.91 Å². The highest BCUT2D eigenvalue weighted by molar-refractivity contribution is 5.76. The summed E-state index contributed by atoms with van der Waals surface area (Å²) in [5, 5.41) is 3.37. The zero-order valence-electron chi connectivity index (χ0n) is 17.2. The molecule has 152 valence electrons. The highest BCUT2D eigenvalue weighted by atomic mass is 16.2. The smallest absolute Gasteiger partial charge is 0.275 e. The quantitative estimate of drug-likeness (QED) is 0.650. The minimum absolute atomic E-state index is 0.289. The van der Waals surface area contributed by atoms with Gasteiger partial charge in [0.05, 0.1) is 0 Å². The molecule has 1 aliphatic heterocycles. The van der Waals surface area contributed by atoms with E-state index in [1.165, 1.54) is 62.1 Å².